The van der Waals surface area contributed by atoms with E-state index >= 15 is 0 Å². The van der Waals surface area contributed by atoms with Gasteiger partial charge in [0.25, 0.3) is 5.56 Å². The smallest absolute Gasteiger partial charge is 0.276 e. The molecule has 2 aromatic rings. The van der Waals surface area contributed by atoms with Crippen molar-refractivity contribution in [3.05, 3.63) is 34.8 Å². The molecule has 1 aliphatic heterocycles. The highest BCUT2D eigenvalue weighted by atomic mass is 16.5. The molecule has 1 saturated heterocycles. The molecule has 1 aliphatic carbocycles. The molecule has 3 heterocycles. The van der Waals surface area contributed by atoms with Crippen molar-refractivity contribution in [3.8, 4) is 0 Å². The fourth-order valence-electron chi connectivity index (χ4n) is 3.92. The van der Waals surface area contributed by atoms with Crippen LogP contribution in [0.25, 0.3) is 5.52 Å². The first-order valence-electron chi connectivity index (χ1n) is 8.47. The van der Waals surface area contributed by atoms with Crippen molar-refractivity contribution in [2.45, 2.75) is 51.0 Å². The van der Waals surface area contributed by atoms with Crippen LogP contribution in [0.2, 0.25) is 0 Å². The second kappa shape index (κ2) is 5.88. The molecule has 2 aliphatic rings. The van der Waals surface area contributed by atoms with Gasteiger partial charge >= 0.3 is 0 Å². The molecule has 0 spiro atoms. The molecule has 118 valence electrons. The summed E-state index contributed by atoms with van der Waals surface area (Å²) in [6.45, 7) is 2.43. The summed E-state index contributed by atoms with van der Waals surface area (Å²) in [5, 5.41) is 0. The lowest BCUT2D eigenvalue weighted by atomic mass is 10.00. The number of hydrogen-bond acceptors (Lipinski definition) is 3. The first kappa shape index (κ1) is 14.0. The first-order chi connectivity index (χ1) is 10.8. The topological polar surface area (TPSA) is 48.5 Å². The number of nitrogens with zero attached hydrogens (tertiary/aromatic N) is 3. The van der Waals surface area contributed by atoms with Crippen molar-refractivity contribution >= 4 is 5.52 Å². The second-order valence-electron chi connectivity index (χ2n) is 6.66. The van der Waals surface area contributed by atoms with Crippen LogP contribution in [0.5, 0.6) is 0 Å². The zero-order chi connectivity index (χ0) is 14.9. The van der Waals surface area contributed by atoms with E-state index in [4.69, 9.17) is 4.74 Å². The van der Waals surface area contributed by atoms with Gasteiger partial charge < -0.3 is 9.30 Å². The van der Waals surface area contributed by atoms with Gasteiger partial charge in [-0.1, -0.05) is 12.8 Å². The lowest BCUT2D eigenvalue weighted by molar-refractivity contribution is 0.0835. The van der Waals surface area contributed by atoms with Gasteiger partial charge in [-0.3, -0.25) is 9.20 Å². The summed E-state index contributed by atoms with van der Waals surface area (Å²) in [5.74, 6) is 2.09. The molecule has 2 aromatic heterocycles. The fourth-order valence-corrected chi connectivity index (χ4v) is 3.92. The van der Waals surface area contributed by atoms with Crippen LogP contribution in [0.4, 0.5) is 0 Å². The van der Waals surface area contributed by atoms with Crippen LogP contribution in [0.3, 0.4) is 0 Å². The van der Waals surface area contributed by atoms with E-state index in [1.807, 2.05) is 21.4 Å². The molecule has 5 heteroatoms. The minimum Gasteiger partial charge on any atom is -0.381 e. The van der Waals surface area contributed by atoms with Crippen molar-refractivity contribution in [2.24, 2.45) is 5.92 Å². The highest BCUT2D eigenvalue weighted by Gasteiger charge is 2.22. The molecular formula is C17H23N3O2. The van der Waals surface area contributed by atoms with Crippen LogP contribution in [0, 0.1) is 5.92 Å². The Morgan fingerprint density at radius 3 is 2.68 bits per heavy atom. The maximum absolute atomic E-state index is 12.7. The van der Waals surface area contributed by atoms with E-state index in [2.05, 4.69) is 4.98 Å². The maximum Gasteiger partial charge on any atom is 0.276 e. The molecule has 2 fully saturated rings. The molecule has 22 heavy (non-hydrogen) atoms. The van der Waals surface area contributed by atoms with E-state index in [0.717, 1.165) is 38.4 Å². The maximum atomic E-state index is 12.7. The number of hydrogen-bond donors (Lipinski definition) is 0. The minimum atomic E-state index is 0.0974. The van der Waals surface area contributed by atoms with Crippen molar-refractivity contribution in [3.63, 3.8) is 0 Å². The Kier molecular flexibility index (Phi) is 3.74. The van der Waals surface area contributed by atoms with Gasteiger partial charge in [0.2, 0.25) is 0 Å². The van der Waals surface area contributed by atoms with Gasteiger partial charge in [-0.25, -0.2) is 4.98 Å². The van der Waals surface area contributed by atoms with Gasteiger partial charge in [0.05, 0.1) is 6.20 Å². The van der Waals surface area contributed by atoms with E-state index in [1.165, 1.54) is 25.7 Å². The predicted octanol–water partition coefficient (Wildman–Crippen LogP) is 2.58. The normalized spacial score (nSPS) is 20.9. The summed E-state index contributed by atoms with van der Waals surface area (Å²) in [5.41, 5.74) is 0.808. The number of imidazole rings is 1. The Morgan fingerprint density at radius 2 is 1.91 bits per heavy atom. The molecule has 5 nitrogen and oxygen atoms in total. The molecule has 0 amide bonds. The van der Waals surface area contributed by atoms with E-state index in [0.29, 0.717) is 17.4 Å². The Balaban J connectivity index is 1.66. The van der Waals surface area contributed by atoms with Crippen LogP contribution >= 0.6 is 0 Å². The molecule has 0 bridgehead atoms. The zero-order valence-corrected chi connectivity index (χ0v) is 12.9. The van der Waals surface area contributed by atoms with Crippen molar-refractivity contribution in [1.82, 2.24) is 14.0 Å². The highest BCUT2D eigenvalue weighted by Crippen LogP contribution is 2.27. The van der Waals surface area contributed by atoms with Crippen LogP contribution in [-0.2, 0) is 11.3 Å². The zero-order valence-electron chi connectivity index (χ0n) is 12.9. The van der Waals surface area contributed by atoms with Gasteiger partial charge in [-0.05, 0) is 31.6 Å². The van der Waals surface area contributed by atoms with E-state index in [1.54, 1.807) is 6.20 Å². The number of ether oxygens (including phenoxy) is 1. The van der Waals surface area contributed by atoms with Crippen LogP contribution in [0.1, 0.15) is 50.3 Å². The number of rotatable bonds is 3. The summed E-state index contributed by atoms with van der Waals surface area (Å²) in [6.07, 6.45) is 12.8. The summed E-state index contributed by atoms with van der Waals surface area (Å²) >= 11 is 0. The standard InChI is InChI=1S/C17H23N3O2/c21-17-15-11-18-16(14-5-9-22-10-6-14)20(15)8-7-19(17)12-13-3-1-2-4-13/h7-8,11,13-14H,1-6,9-10,12H2. The third-order valence-electron chi connectivity index (χ3n) is 5.22. The Morgan fingerprint density at radius 1 is 1.14 bits per heavy atom. The molecule has 0 radical (unpaired) electrons. The lowest BCUT2D eigenvalue weighted by Gasteiger charge is -2.21. The Bertz CT molecular complexity index is 706. The van der Waals surface area contributed by atoms with E-state index in [-0.39, 0.29) is 5.56 Å². The quantitative estimate of drug-likeness (QED) is 0.875. The third-order valence-corrected chi connectivity index (χ3v) is 5.22. The minimum absolute atomic E-state index is 0.0974. The van der Waals surface area contributed by atoms with Crippen molar-refractivity contribution in [1.29, 1.82) is 0 Å². The summed E-state index contributed by atoms with van der Waals surface area (Å²) in [7, 11) is 0. The average molecular weight is 301 g/mol. The lowest BCUT2D eigenvalue weighted by Crippen LogP contribution is -2.24. The van der Waals surface area contributed by atoms with E-state index < -0.39 is 0 Å². The van der Waals surface area contributed by atoms with Crippen LogP contribution in [-0.4, -0.2) is 27.2 Å². The van der Waals surface area contributed by atoms with Gasteiger partial charge in [0.15, 0.2) is 0 Å². The second-order valence-corrected chi connectivity index (χ2v) is 6.66. The molecule has 0 atom stereocenters. The van der Waals surface area contributed by atoms with Crippen molar-refractivity contribution in [2.75, 3.05) is 13.2 Å². The predicted molar refractivity (Wildman–Crippen MR) is 84.2 cm³/mol. The average Bonchev–Trinajstić information content (AvgIpc) is 3.21. The van der Waals surface area contributed by atoms with Gasteiger partial charge in [0.1, 0.15) is 11.3 Å². The number of aromatic nitrogens is 3. The SMILES string of the molecule is O=c1c2cnc(C3CCOCC3)n2ccn1CC1CCCC1. The molecule has 0 unspecified atom stereocenters. The summed E-state index contributed by atoms with van der Waals surface area (Å²) in [6, 6.07) is 0. The fraction of sp³-hybridized carbons (Fsp3) is 0.647. The third kappa shape index (κ3) is 2.47. The Labute approximate surface area is 129 Å². The number of fused-ring (bicyclic) bond motifs is 1. The van der Waals surface area contributed by atoms with E-state index in [9.17, 15) is 4.79 Å². The molecule has 0 N–H and O–H groups in total. The summed E-state index contributed by atoms with van der Waals surface area (Å²) < 4.78 is 9.29. The van der Waals surface area contributed by atoms with Gasteiger partial charge in [-0.15, -0.1) is 0 Å². The molecule has 1 saturated carbocycles. The first-order valence-corrected chi connectivity index (χ1v) is 8.47. The van der Waals surface area contributed by atoms with Gasteiger partial charge in [0, 0.05) is 38.1 Å². The van der Waals surface area contributed by atoms with Crippen molar-refractivity contribution < 1.29 is 4.74 Å². The molecule has 4 rings (SSSR count). The summed E-state index contributed by atoms with van der Waals surface area (Å²) in [4.78, 5) is 17.2. The monoisotopic (exact) mass is 301 g/mol. The Hall–Kier alpha value is -1.62. The van der Waals surface area contributed by atoms with Crippen LogP contribution < -0.4 is 5.56 Å². The largest absolute Gasteiger partial charge is 0.381 e. The highest BCUT2D eigenvalue weighted by molar-refractivity contribution is 5.44. The van der Waals surface area contributed by atoms with Gasteiger partial charge in [-0.2, -0.15) is 0 Å². The molecular weight excluding hydrogens is 278 g/mol. The van der Waals surface area contributed by atoms with Crippen LogP contribution in [0.15, 0.2) is 23.4 Å². The molecule has 0 aromatic carbocycles.